The molecule has 0 N–H and O–H groups in total. The lowest BCUT2D eigenvalue weighted by atomic mass is 10.1. The molecule has 0 amide bonds. The van der Waals surface area contributed by atoms with E-state index in [0.717, 1.165) is 22.3 Å². The summed E-state index contributed by atoms with van der Waals surface area (Å²) in [5.74, 6) is 6.00. The van der Waals surface area contributed by atoms with E-state index in [9.17, 15) is 4.79 Å². The van der Waals surface area contributed by atoms with E-state index in [1.54, 1.807) is 18.2 Å². The molecule has 2 aromatic rings. The predicted molar refractivity (Wildman–Crippen MR) is 95.3 cm³/mol. The van der Waals surface area contributed by atoms with E-state index in [0.29, 0.717) is 18.1 Å². The van der Waals surface area contributed by atoms with Gasteiger partial charge >= 0.3 is 5.97 Å². The zero-order valence-corrected chi connectivity index (χ0v) is 14.2. The number of benzene rings is 2. The van der Waals surface area contributed by atoms with Gasteiger partial charge in [0.2, 0.25) is 0 Å². The number of methoxy groups -OCH3 is 1. The largest absolute Gasteiger partial charge is 0.489 e. The molecule has 0 saturated carbocycles. The molecule has 0 spiro atoms. The number of carbonyl (C=O) groups is 1. The number of hydrogen-bond acceptors (Lipinski definition) is 4. The highest BCUT2D eigenvalue weighted by atomic mass is 16.6. The number of rotatable bonds is 6. The first kappa shape index (κ1) is 18.0. The van der Waals surface area contributed by atoms with Gasteiger partial charge in [-0.25, -0.2) is 4.79 Å². The van der Waals surface area contributed by atoms with Crippen molar-refractivity contribution < 1.29 is 19.0 Å². The molecule has 25 heavy (non-hydrogen) atoms. The van der Waals surface area contributed by atoms with Gasteiger partial charge in [0.15, 0.2) is 6.61 Å². The van der Waals surface area contributed by atoms with E-state index in [1.807, 2.05) is 25.1 Å². The maximum absolute atomic E-state index is 11.1. The lowest BCUT2D eigenvalue weighted by Gasteiger charge is -2.11. The van der Waals surface area contributed by atoms with Crippen LogP contribution in [0.15, 0.2) is 36.4 Å². The third kappa shape index (κ3) is 5.06. The summed E-state index contributed by atoms with van der Waals surface area (Å²) < 4.78 is 15.7. The van der Waals surface area contributed by atoms with Crippen molar-refractivity contribution in [2.24, 2.45) is 0 Å². The Morgan fingerprint density at radius 3 is 2.28 bits per heavy atom. The highest BCUT2D eigenvalue weighted by molar-refractivity contribution is 5.70. The van der Waals surface area contributed by atoms with Crippen molar-refractivity contribution in [2.45, 2.75) is 13.5 Å². The van der Waals surface area contributed by atoms with Gasteiger partial charge in [0.1, 0.15) is 18.1 Å². The first-order valence-electron chi connectivity index (χ1n) is 7.56. The average Bonchev–Trinajstić information content (AvgIpc) is 2.64. The molecule has 0 aromatic heterocycles. The third-order valence-electron chi connectivity index (χ3n) is 3.45. The van der Waals surface area contributed by atoms with Crippen LogP contribution < -0.4 is 9.47 Å². The lowest BCUT2D eigenvalue weighted by molar-refractivity contribution is -0.142. The van der Waals surface area contributed by atoms with Crippen LogP contribution in [0.4, 0.5) is 0 Å². The van der Waals surface area contributed by atoms with E-state index >= 15 is 0 Å². The van der Waals surface area contributed by atoms with Crippen molar-refractivity contribution in [3.63, 3.8) is 0 Å². The topological polar surface area (TPSA) is 44.8 Å². The molecule has 2 aromatic carbocycles. The van der Waals surface area contributed by atoms with Gasteiger partial charge in [-0.1, -0.05) is 11.8 Å². The van der Waals surface area contributed by atoms with Crippen molar-refractivity contribution in [3.05, 3.63) is 58.7 Å². The molecule has 0 aliphatic rings. The lowest BCUT2D eigenvalue weighted by Crippen LogP contribution is -2.13. The minimum atomic E-state index is -0.433. The van der Waals surface area contributed by atoms with Crippen LogP contribution in [0.25, 0.3) is 0 Å². The number of aryl methyl sites for hydroxylation is 1. The fourth-order valence-corrected chi connectivity index (χ4v) is 2.18. The van der Waals surface area contributed by atoms with E-state index in [4.69, 9.17) is 22.3 Å². The molecular weight excluding hydrogens is 316 g/mol. The molecule has 4 nitrogen and oxygen atoms in total. The highest BCUT2D eigenvalue weighted by Crippen LogP contribution is 2.24. The number of terminal acetylenes is 2. The standard InChI is InChI=1S/C21H18O4/c1-5-16-10-17(6-2)12-18(11-16)13-24-19-7-8-20(15(3)9-19)25-14-21(22)23-4/h1-2,7-12H,13-14H2,3-4H3. The summed E-state index contributed by atoms with van der Waals surface area (Å²) >= 11 is 0. The van der Waals surface area contributed by atoms with Gasteiger partial charge < -0.3 is 14.2 Å². The average molecular weight is 334 g/mol. The van der Waals surface area contributed by atoms with Gasteiger partial charge in [-0.15, -0.1) is 12.8 Å². The summed E-state index contributed by atoms with van der Waals surface area (Å²) in [6, 6.07) is 10.9. The molecule has 0 saturated heterocycles. The summed E-state index contributed by atoms with van der Waals surface area (Å²) in [6.45, 7) is 2.08. The van der Waals surface area contributed by atoms with E-state index in [1.165, 1.54) is 7.11 Å². The fraction of sp³-hybridized carbons (Fsp3) is 0.190. The minimum Gasteiger partial charge on any atom is -0.489 e. The Labute approximate surface area is 147 Å². The maximum atomic E-state index is 11.1. The monoisotopic (exact) mass is 334 g/mol. The van der Waals surface area contributed by atoms with Crippen molar-refractivity contribution >= 4 is 5.97 Å². The highest BCUT2D eigenvalue weighted by Gasteiger charge is 2.06. The van der Waals surface area contributed by atoms with Gasteiger partial charge in [-0.05, 0) is 54.4 Å². The fourth-order valence-electron chi connectivity index (χ4n) is 2.18. The SMILES string of the molecule is C#Cc1cc(C#C)cc(COc2ccc(OCC(=O)OC)c(C)c2)c1. The van der Waals surface area contributed by atoms with Crippen molar-refractivity contribution in [1.29, 1.82) is 0 Å². The van der Waals surface area contributed by atoms with E-state index in [-0.39, 0.29) is 6.61 Å². The quantitative estimate of drug-likeness (QED) is 0.601. The normalized spacial score (nSPS) is 9.60. The van der Waals surface area contributed by atoms with Gasteiger partial charge in [0.05, 0.1) is 7.11 Å². The number of esters is 1. The summed E-state index contributed by atoms with van der Waals surface area (Å²) in [4.78, 5) is 11.1. The summed E-state index contributed by atoms with van der Waals surface area (Å²) in [5.41, 5.74) is 3.18. The van der Waals surface area contributed by atoms with Crippen molar-refractivity contribution in [1.82, 2.24) is 0 Å². The molecule has 0 aliphatic carbocycles. The molecule has 2 rings (SSSR count). The van der Waals surface area contributed by atoms with E-state index < -0.39 is 5.97 Å². The van der Waals surface area contributed by atoms with Crippen LogP contribution >= 0.6 is 0 Å². The summed E-state index contributed by atoms with van der Waals surface area (Å²) in [6.07, 6.45) is 10.9. The zero-order chi connectivity index (χ0) is 18.2. The van der Waals surface area contributed by atoms with Gasteiger partial charge in [-0.3, -0.25) is 0 Å². The molecular formula is C21H18O4. The van der Waals surface area contributed by atoms with E-state index in [2.05, 4.69) is 16.6 Å². The predicted octanol–water partition coefficient (Wildman–Crippen LogP) is 3.09. The van der Waals surface area contributed by atoms with Crippen LogP contribution in [0.1, 0.15) is 22.3 Å². The molecule has 4 heteroatoms. The Kier molecular flexibility index (Phi) is 6.09. The van der Waals surface area contributed by atoms with Gasteiger partial charge in [0, 0.05) is 11.1 Å². The first-order valence-corrected chi connectivity index (χ1v) is 7.56. The molecule has 0 heterocycles. The Morgan fingerprint density at radius 1 is 1.04 bits per heavy atom. The van der Waals surface area contributed by atoms with Gasteiger partial charge in [-0.2, -0.15) is 0 Å². The summed E-state index contributed by atoms with van der Waals surface area (Å²) in [5, 5.41) is 0. The molecule has 0 fully saturated rings. The number of ether oxygens (including phenoxy) is 3. The molecule has 126 valence electrons. The van der Waals surface area contributed by atoms with Crippen molar-refractivity contribution in [3.8, 4) is 36.2 Å². The second-order valence-corrected chi connectivity index (χ2v) is 5.29. The third-order valence-corrected chi connectivity index (χ3v) is 3.45. The molecule has 0 atom stereocenters. The smallest absolute Gasteiger partial charge is 0.343 e. The second-order valence-electron chi connectivity index (χ2n) is 5.29. The molecule has 0 bridgehead atoms. The Hall–Kier alpha value is -3.37. The van der Waals surface area contributed by atoms with Crippen LogP contribution in [-0.4, -0.2) is 19.7 Å². The Balaban J connectivity index is 2.04. The van der Waals surface area contributed by atoms with Crippen LogP contribution in [0.3, 0.4) is 0 Å². The Bertz CT molecular complexity index is 821. The second kappa shape index (κ2) is 8.47. The van der Waals surface area contributed by atoms with Crippen LogP contribution in [-0.2, 0) is 16.1 Å². The van der Waals surface area contributed by atoms with Gasteiger partial charge in [0.25, 0.3) is 0 Å². The number of carbonyl (C=O) groups excluding carboxylic acids is 1. The van der Waals surface area contributed by atoms with Crippen LogP contribution in [0, 0.1) is 31.6 Å². The molecule has 0 aliphatic heterocycles. The van der Waals surface area contributed by atoms with Crippen molar-refractivity contribution in [2.75, 3.05) is 13.7 Å². The first-order chi connectivity index (χ1) is 12.0. The minimum absolute atomic E-state index is 0.134. The van der Waals surface area contributed by atoms with Crippen LogP contribution in [0.2, 0.25) is 0 Å². The maximum Gasteiger partial charge on any atom is 0.343 e. The molecule has 0 radical (unpaired) electrons. The zero-order valence-electron chi connectivity index (χ0n) is 14.2. The Morgan fingerprint density at radius 2 is 1.72 bits per heavy atom. The summed E-state index contributed by atoms with van der Waals surface area (Å²) in [7, 11) is 1.32. The number of hydrogen-bond donors (Lipinski definition) is 0. The van der Waals surface area contributed by atoms with Crippen LogP contribution in [0.5, 0.6) is 11.5 Å². The molecule has 0 unspecified atom stereocenters.